The molecule has 0 aliphatic heterocycles. The van der Waals surface area contributed by atoms with E-state index in [9.17, 15) is 5.26 Å². The number of imidazole rings is 1. The predicted molar refractivity (Wildman–Crippen MR) is 189 cm³/mol. The van der Waals surface area contributed by atoms with Crippen LogP contribution < -0.4 is 0 Å². The van der Waals surface area contributed by atoms with Crippen molar-refractivity contribution in [1.82, 2.24) is 14.1 Å². The minimum atomic E-state index is 0.633. The molecule has 0 spiro atoms. The number of benzene rings is 7. The maximum atomic E-state index is 9.40. The highest BCUT2D eigenvalue weighted by Crippen LogP contribution is 2.37. The SMILES string of the molecule is N#Cc1ccc(-n2c(-c3ccc(-c4ccc5c(c4)c4ccccc4n5-c4ccccc4)cc3)nc3c4ccccc4ccc32)cc1. The summed E-state index contributed by atoms with van der Waals surface area (Å²) in [7, 11) is 0. The predicted octanol–water partition coefficient (Wildman–Crippen LogP) is 10.5. The zero-order chi connectivity index (χ0) is 30.6. The van der Waals surface area contributed by atoms with Gasteiger partial charge in [-0.25, -0.2) is 4.98 Å². The highest BCUT2D eigenvalue weighted by atomic mass is 15.1. The zero-order valence-corrected chi connectivity index (χ0v) is 24.8. The van der Waals surface area contributed by atoms with Crippen LogP contribution in [0.2, 0.25) is 0 Å². The average molecular weight is 587 g/mol. The fourth-order valence-electron chi connectivity index (χ4n) is 6.77. The molecular formula is C42H26N4. The fraction of sp³-hybridized carbons (Fsp3) is 0. The van der Waals surface area contributed by atoms with Gasteiger partial charge in [0.05, 0.1) is 33.7 Å². The number of para-hydroxylation sites is 2. The van der Waals surface area contributed by atoms with Gasteiger partial charge in [0, 0.05) is 33.1 Å². The number of hydrogen-bond donors (Lipinski definition) is 0. The van der Waals surface area contributed by atoms with Crippen LogP contribution in [0.1, 0.15) is 5.56 Å². The molecule has 46 heavy (non-hydrogen) atoms. The molecule has 0 aliphatic carbocycles. The Kier molecular flexibility index (Phi) is 5.84. The second-order valence-electron chi connectivity index (χ2n) is 11.6. The number of hydrogen-bond acceptors (Lipinski definition) is 2. The largest absolute Gasteiger partial charge is 0.309 e. The van der Waals surface area contributed by atoms with Crippen molar-refractivity contribution in [3.05, 3.63) is 163 Å². The van der Waals surface area contributed by atoms with Crippen molar-refractivity contribution in [3.8, 4) is 40.0 Å². The van der Waals surface area contributed by atoms with Gasteiger partial charge in [0.1, 0.15) is 5.82 Å². The Morgan fingerprint density at radius 2 is 1.09 bits per heavy atom. The molecule has 2 heterocycles. The quantitative estimate of drug-likeness (QED) is 0.206. The first-order valence-corrected chi connectivity index (χ1v) is 15.4. The monoisotopic (exact) mass is 586 g/mol. The lowest BCUT2D eigenvalue weighted by Gasteiger charge is -2.11. The maximum Gasteiger partial charge on any atom is 0.145 e. The van der Waals surface area contributed by atoms with Crippen molar-refractivity contribution in [3.63, 3.8) is 0 Å². The lowest BCUT2D eigenvalue weighted by molar-refractivity contribution is 1.10. The molecule has 4 heteroatoms. The van der Waals surface area contributed by atoms with Gasteiger partial charge in [-0.3, -0.25) is 4.57 Å². The minimum absolute atomic E-state index is 0.633. The first-order chi connectivity index (χ1) is 22.8. The zero-order valence-electron chi connectivity index (χ0n) is 24.8. The van der Waals surface area contributed by atoms with E-state index in [-0.39, 0.29) is 0 Å². The van der Waals surface area contributed by atoms with Crippen LogP contribution >= 0.6 is 0 Å². The van der Waals surface area contributed by atoms with Crippen LogP contribution in [-0.4, -0.2) is 14.1 Å². The van der Waals surface area contributed by atoms with Gasteiger partial charge in [-0.1, -0.05) is 97.1 Å². The summed E-state index contributed by atoms with van der Waals surface area (Å²) < 4.78 is 4.54. The van der Waals surface area contributed by atoms with Crippen LogP contribution in [0.3, 0.4) is 0 Å². The lowest BCUT2D eigenvalue weighted by atomic mass is 10.0. The fourth-order valence-corrected chi connectivity index (χ4v) is 6.77. The summed E-state index contributed by atoms with van der Waals surface area (Å²) in [4.78, 5) is 5.23. The standard InChI is InChI=1S/C42H26N4/c43-27-28-14-22-34(23-15-28)46-40-25-20-30-8-4-5-11-35(30)41(40)44-42(46)31-18-16-29(17-19-31)32-21-24-39-37(26-32)36-12-6-7-13-38(36)45(39)33-9-2-1-3-10-33/h1-26H. The number of nitrogens with zero attached hydrogens (tertiary/aromatic N) is 4. The third kappa shape index (κ3) is 4.03. The van der Waals surface area contributed by atoms with Crippen molar-refractivity contribution in [2.24, 2.45) is 0 Å². The van der Waals surface area contributed by atoms with Crippen LogP contribution in [-0.2, 0) is 0 Å². The molecule has 0 saturated heterocycles. The van der Waals surface area contributed by atoms with E-state index < -0.39 is 0 Å². The van der Waals surface area contributed by atoms with Crippen LogP contribution in [0.15, 0.2) is 158 Å². The van der Waals surface area contributed by atoms with Gasteiger partial charge in [0.25, 0.3) is 0 Å². The summed E-state index contributed by atoms with van der Waals surface area (Å²) in [5.74, 6) is 0.865. The van der Waals surface area contributed by atoms with E-state index in [1.165, 1.54) is 27.4 Å². The molecule has 2 aromatic heterocycles. The molecule has 4 nitrogen and oxygen atoms in total. The Balaban J connectivity index is 1.18. The first-order valence-electron chi connectivity index (χ1n) is 15.4. The van der Waals surface area contributed by atoms with Crippen molar-refractivity contribution < 1.29 is 0 Å². The molecule has 0 atom stereocenters. The van der Waals surface area contributed by atoms with E-state index >= 15 is 0 Å². The van der Waals surface area contributed by atoms with Crippen LogP contribution in [0.5, 0.6) is 0 Å². The van der Waals surface area contributed by atoms with E-state index in [0.717, 1.165) is 50.1 Å². The molecule has 0 N–H and O–H groups in total. The van der Waals surface area contributed by atoms with Gasteiger partial charge in [0.2, 0.25) is 0 Å². The Hall–Kier alpha value is -6.44. The number of nitriles is 1. The molecule has 0 bridgehead atoms. The third-order valence-corrected chi connectivity index (χ3v) is 8.97. The molecule has 0 amide bonds. The minimum Gasteiger partial charge on any atom is -0.309 e. The van der Waals surface area contributed by atoms with Crippen LogP contribution in [0.4, 0.5) is 0 Å². The van der Waals surface area contributed by atoms with Crippen molar-refractivity contribution in [2.45, 2.75) is 0 Å². The smallest absolute Gasteiger partial charge is 0.145 e. The molecule has 214 valence electrons. The van der Waals surface area contributed by atoms with Crippen molar-refractivity contribution >= 4 is 43.6 Å². The highest BCUT2D eigenvalue weighted by Gasteiger charge is 2.17. The van der Waals surface area contributed by atoms with E-state index in [2.05, 4.69) is 149 Å². The van der Waals surface area contributed by atoms with E-state index in [0.29, 0.717) is 5.56 Å². The Morgan fingerprint density at radius 3 is 1.89 bits per heavy atom. The molecule has 0 radical (unpaired) electrons. The van der Waals surface area contributed by atoms with Gasteiger partial charge in [-0.05, 0) is 77.2 Å². The molecule has 7 aromatic carbocycles. The van der Waals surface area contributed by atoms with Gasteiger partial charge >= 0.3 is 0 Å². The van der Waals surface area contributed by atoms with E-state index in [1.54, 1.807) is 0 Å². The maximum absolute atomic E-state index is 9.40. The molecule has 9 aromatic rings. The highest BCUT2D eigenvalue weighted by molar-refractivity contribution is 6.10. The lowest BCUT2D eigenvalue weighted by Crippen LogP contribution is -1.97. The molecule has 9 rings (SSSR count). The first kappa shape index (κ1) is 26.0. The normalized spacial score (nSPS) is 11.5. The molecule has 0 unspecified atom stereocenters. The third-order valence-electron chi connectivity index (χ3n) is 8.97. The Labute approximate surface area is 265 Å². The molecular weight excluding hydrogens is 560 g/mol. The number of fused-ring (bicyclic) bond motifs is 6. The topological polar surface area (TPSA) is 46.5 Å². The van der Waals surface area contributed by atoms with Crippen molar-refractivity contribution in [1.29, 1.82) is 5.26 Å². The summed E-state index contributed by atoms with van der Waals surface area (Å²) in [5.41, 5.74) is 10.5. The second-order valence-corrected chi connectivity index (χ2v) is 11.6. The average Bonchev–Trinajstić information content (AvgIpc) is 3.68. The Morgan fingerprint density at radius 1 is 0.457 bits per heavy atom. The number of aromatic nitrogens is 3. The summed E-state index contributed by atoms with van der Waals surface area (Å²) in [6.07, 6.45) is 0. The summed E-state index contributed by atoms with van der Waals surface area (Å²) in [5, 5.41) is 14.1. The molecule has 0 fully saturated rings. The van der Waals surface area contributed by atoms with Gasteiger partial charge in [-0.15, -0.1) is 0 Å². The summed E-state index contributed by atoms with van der Waals surface area (Å²) >= 11 is 0. The summed E-state index contributed by atoms with van der Waals surface area (Å²) in [6, 6.07) is 57.2. The molecule has 0 saturated carbocycles. The molecule has 0 aliphatic rings. The van der Waals surface area contributed by atoms with Crippen LogP contribution in [0, 0.1) is 11.3 Å². The second kappa shape index (κ2) is 10.3. The van der Waals surface area contributed by atoms with Gasteiger partial charge < -0.3 is 4.57 Å². The number of rotatable bonds is 4. The van der Waals surface area contributed by atoms with E-state index in [4.69, 9.17) is 4.98 Å². The van der Waals surface area contributed by atoms with Gasteiger partial charge in [0.15, 0.2) is 0 Å². The summed E-state index contributed by atoms with van der Waals surface area (Å²) in [6.45, 7) is 0. The van der Waals surface area contributed by atoms with E-state index in [1.807, 2.05) is 24.3 Å². The van der Waals surface area contributed by atoms with Crippen LogP contribution in [0.25, 0.3) is 77.5 Å². The Bertz CT molecular complexity index is 2620. The van der Waals surface area contributed by atoms with Crippen molar-refractivity contribution in [2.75, 3.05) is 0 Å². The van der Waals surface area contributed by atoms with Gasteiger partial charge in [-0.2, -0.15) is 5.26 Å².